The number of nitrogens with one attached hydrogen (secondary N) is 2. The summed E-state index contributed by atoms with van der Waals surface area (Å²) in [5.41, 5.74) is 1.39. The molecule has 0 aliphatic rings. The molecule has 2 N–H and O–H groups in total. The summed E-state index contributed by atoms with van der Waals surface area (Å²) in [5.74, 6) is -1.14. The maximum atomic E-state index is 13.7. The normalized spacial score (nSPS) is 10.2. The van der Waals surface area contributed by atoms with Crippen LogP contribution < -0.4 is 10.6 Å². The van der Waals surface area contributed by atoms with Crippen LogP contribution in [0.5, 0.6) is 0 Å². The average molecular weight is 335 g/mol. The van der Waals surface area contributed by atoms with Gasteiger partial charge in [-0.2, -0.15) is 0 Å². The Morgan fingerprint density at radius 3 is 2.61 bits per heavy atom. The van der Waals surface area contributed by atoms with Crippen molar-refractivity contribution in [3.8, 4) is 0 Å². The molecule has 0 spiro atoms. The Bertz CT molecular complexity index is 734. The van der Waals surface area contributed by atoms with E-state index in [2.05, 4.69) is 10.6 Å². The van der Waals surface area contributed by atoms with Crippen LogP contribution in [0.15, 0.2) is 42.5 Å². The topological polar surface area (TPSA) is 58.2 Å². The lowest BCUT2D eigenvalue weighted by Gasteiger charge is -2.09. The highest BCUT2D eigenvalue weighted by atomic mass is 35.5. The zero-order chi connectivity index (χ0) is 16.8. The predicted molar refractivity (Wildman–Crippen MR) is 89.1 cm³/mol. The van der Waals surface area contributed by atoms with Crippen LogP contribution in [-0.4, -0.2) is 11.8 Å². The Morgan fingerprint density at radius 1 is 1.13 bits per heavy atom. The Morgan fingerprint density at radius 2 is 1.91 bits per heavy atom. The maximum Gasteiger partial charge on any atom is 0.224 e. The summed E-state index contributed by atoms with van der Waals surface area (Å²) in [4.78, 5) is 23.0. The van der Waals surface area contributed by atoms with E-state index in [0.29, 0.717) is 17.1 Å². The summed E-state index contributed by atoms with van der Waals surface area (Å²) in [7, 11) is 0. The average Bonchev–Trinajstić information content (AvgIpc) is 2.48. The Kier molecular flexibility index (Phi) is 5.71. The maximum absolute atomic E-state index is 13.7. The molecule has 0 saturated heterocycles. The highest BCUT2D eigenvalue weighted by Crippen LogP contribution is 2.20. The molecule has 0 radical (unpaired) electrons. The summed E-state index contributed by atoms with van der Waals surface area (Å²) in [5, 5.41) is 5.66. The summed E-state index contributed by atoms with van der Waals surface area (Å²) in [6.45, 7) is 1.35. The number of rotatable bonds is 5. The van der Waals surface area contributed by atoms with Gasteiger partial charge in [0.25, 0.3) is 0 Å². The monoisotopic (exact) mass is 334 g/mol. The predicted octanol–water partition coefficient (Wildman–Crippen LogP) is 4.01. The van der Waals surface area contributed by atoms with Crippen LogP contribution in [0.4, 0.5) is 15.8 Å². The van der Waals surface area contributed by atoms with Crippen molar-refractivity contribution in [1.82, 2.24) is 0 Å². The van der Waals surface area contributed by atoms with Crippen molar-refractivity contribution in [2.45, 2.75) is 19.8 Å². The van der Waals surface area contributed by atoms with Gasteiger partial charge < -0.3 is 10.6 Å². The lowest BCUT2D eigenvalue weighted by atomic mass is 10.1. The lowest BCUT2D eigenvalue weighted by Crippen LogP contribution is -2.14. The zero-order valence-electron chi connectivity index (χ0n) is 12.5. The van der Waals surface area contributed by atoms with Crippen molar-refractivity contribution >= 4 is 34.8 Å². The van der Waals surface area contributed by atoms with Crippen LogP contribution in [-0.2, 0) is 16.0 Å². The minimum Gasteiger partial charge on any atom is -0.326 e. The smallest absolute Gasteiger partial charge is 0.224 e. The first-order valence-electron chi connectivity index (χ1n) is 7.05. The number of carbonyl (C=O) groups is 2. The second-order valence-corrected chi connectivity index (χ2v) is 5.49. The molecule has 0 fully saturated rings. The number of anilines is 2. The molecule has 120 valence electrons. The van der Waals surface area contributed by atoms with Gasteiger partial charge in [-0.05, 0) is 42.3 Å². The van der Waals surface area contributed by atoms with Gasteiger partial charge in [0.2, 0.25) is 11.8 Å². The van der Waals surface area contributed by atoms with Gasteiger partial charge in [0.1, 0.15) is 5.82 Å². The molecule has 0 aromatic heterocycles. The van der Waals surface area contributed by atoms with Crippen LogP contribution in [0.25, 0.3) is 0 Å². The molecular weight excluding hydrogens is 319 g/mol. The molecular formula is C17H16ClFN2O2. The molecule has 23 heavy (non-hydrogen) atoms. The molecule has 0 saturated carbocycles. The molecule has 0 heterocycles. The number of hydrogen-bond donors (Lipinski definition) is 2. The molecule has 0 aliphatic heterocycles. The van der Waals surface area contributed by atoms with Crippen molar-refractivity contribution in [1.29, 1.82) is 0 Å². The molecule has 0 bridgehead atoms. The van der Waals surface area contributed by atoms with Crippen molar-refractivity contribution < 1.29 is 14.0 Å². The second-order valence-electron chi connectivity index (χ2n) is 5.05. The lowest BCUT2D eigenvalue weighted by molar-refractivity contribution is -0.116. The molecule has 0 unspecified atom stereocenters. The number of benzene rings is 2. The number of amides is 2. The summed E-state index contributed by atoms with van der Waals surface area (Å²) < 4.78 is 13.7. The van der Waals surface area contributed by atoms with E-state index in [-0.39, 0.29) is 23.9 Å². The van der Waals surface area contributed by atoms with Crippen LogP contribution in [0.1, 0.15) is 18.9 Å². The van der Waals surface area contributed by atoms with Gasteiger partial charge in [-0.15, -0.1) is 0 Å². The van der Waals surface area contributed by atoms with Gasteiger partial charge in [0.05, 0.1) is 5.69 Å². The van der Waals surface area contributed by atoms with Crippen LogP contribution >= 0.6 is 11.6 Å². The van der Waals surface area contributed by atoms with Gasteiger partial charge in [-0.25, -0.2) is 4.39 Å². The third kappa shape index (κ3) is 5.38. The van der Waals surface area contributed by atoms with Gasteiger partial charge in [-0.3, -0.25) is 9.59 Å². The van der Waals surface area contributed by atoms with E-state index in [1.165, 1.54) is 25.1 Å². The zero-order valence-corrected chi connectivity index (χ0v) is 13.3. The molecule has 2 rings (SSSR count). The van der Waals surface area contributed by atoms with E-state index < -0.39 is 5.82 Å². The molecule has 6 heteroatoms. The minimum atomic E-state index is -0.560. The van der Waals surface area contributed by atoms with E-state index in [1.807, 2.05) is 12.1 Å². The van der Waals surface area contributed by atoms with Gasteiger partial charge >= 0.3 is 0 Å². The number of halogens is 2. The van der Waals surface area contributed by atoms with Crippen LogP contribution in [0, 0.1) is 5.82 Å². The standard InChI is InChI=1S/C17H16ClFN2O2/c1-11(22)20-14-6-7-15(19)16(10-14)21-17(23)8-5-12-3-2-4-13(18)9-12/h2-4,6-7,9-10H,5,8H2,1H3,(H,20,22)(H,21,23). The van der Waals surface area contributed by atoms with E-state index in [9.17, 15) is 14.0 Å². The molecule has 2 amide bonds. The van der Waals surface area contributed by atoms with E-state index in [4.69, 9.17) is 11.6 Å². The molecule has 2 aromatic carbocycles. The molecule has 2 aromatic rings. The summed E-state index contributed by atoms with van der Waals surface area (Å²) in [6, 6.07) is 11.2. The first kappa shape index (κ1) is 17.0. The van der Waals surface area contributed by atoms with E-state index in [1.54, 1.807) is 12.1 Å². The Hall–Kier alpha value is -2.40. The van der Waals surface area contributed by atoms with Crippen molar-refractivity contribution in [3.63, 3.8) is 0 Å². The number of carbonyl (C=O) groups excluding carboxylic acids is 2. The van der Waals surface area contributed by atoms with Gasteiger partial charge in [0, 0.05) is 24.1 Å². The largest absolute Gasteiger partial charge is 0.326 e. The van der Waals surface area contributed by atoms with E-state index in [0.717, 1.165) is 5.56 Å². The fraction of sp³-hybridized carbons (Fsp3) is 0.176. The summed E-state index contributed by atoms with van der Waals surface area (Å²) >= 11 is 5.89. The first-order chi connectivity index (χ1) is 10.9. The van der Waals surface area contributed by atoms with Crippen molar-refractivity contribution in [3.05, 3.63) is 58.9 Å². The van der Waals surface area contributed by atoms with Crippen molar-refractivity contribution in [2.24, 2.45) is 0 Å². The Balaban J connectivity index is 1.98. The SMILES string of the molecule is CC(=O)Nc1ccc(F)c(NC(=O)CCc2cccc(Cl)c2)c1. The first-order valence-corrected chi connectivity index (χ1v) is 7.43. The van der Waals surface area contributed by atoms with Crippen molar-refractivity contribution in [2.75, 3.05) is 10.6 Å². The molecule has 4 nitrogen and oxygen atoms in total. The number of aryl methyl sites for hydroxylation is 1. The Labute approximate surface area is 138 Å². The molecule has 0 atom stereocenters. The van der Waals surface area contributed by atoms with Gasteiger partial charge in [0.15, 0.2) is 0 Å². The highest BCUT2D eigenvalue weighted by molar-refractivity contribution is 6.30. The third-order valence-corrected chi connectivity index (χ3v) is 3.33. The van der Waals surface area contributed by atoms with E-state index >= 15 is 0 Å². The van der Waals surface area contributed by atoms with Crippen LogP contribution in [0.2, 0.25) is 5.02 Å². The fourth-order valence-electron chi connectivity index (χ4n) is 2.07. The summed E-state index contributed by atoms with van der Waals surface area (Å²) in [6.07, 6.45) is 0.698. The molecule has 0 aliphatic carbocycles. The van der Waals surface area contributed by atoms with Gasteiger partial charge in [-0.1, -0.05) is 23.7 Å². The van der Waals surface area contributed by atoms with Crippen LogP contribution in [0.3, 0.4) is 0 Å². The highest BCUT2D eigenvalue weighted by Gasteiger charge is 2.09. The third-order valence-electron chi connectivity index (χ3n) is 3.09. The fourth-order valence-corrected chi connectivity index (χ4v) is 2.28. The second kappa shape index (κ2) is 7.74. The number of hydrogen-bond acceptors (Lipinski definition) is 2. The minimum absolute atomic E-state index is 0.0346. The quantitative estimate of drug-likeness (QED) is 0.868.